The minimum atomic E-state index is -0.957. The van der Waals surface area contributed by atoms with Crippen molar-refractivity contribution in [3.05, 3.63) is 99.3 Å². The van der Waals surface area contributed by atoms with Crippen molar-refractivity contribution in [2.75, 3.05) is 0 Å². The predicted molar refractivity (Wildman–Crippen MR) is 122 cm³/mol. The molecule has 0 aliphatic heterocycles. The summed E-state index contributed by atoms with van der Waals surface area (Å²) >= 11 is 6.53. The predicted octanol–water partition coefficient (Wildman–Crippen LogP) is 7.38. The number of allylic oxidation sites excluding steroid dienone is 2. The second-order valence-corrected chi connectivity index (χ2v) is 7.93. The molecule has 156 valence electrons. The topological polar surface area (TPSA) is 46.5 Å². The maximum atomic E-state index is 13.8. The molecule has 3 nitrogen and oxygen atoms in total. The number of hydrogen-bond acceptors (Lipinski definition) is 2. The van der Waals surface area contributed by atoms with E-state index in [1.54, 1.807) is 12.1 Å². The van der Waals surface area contributed by atoms with E-state index < -0.39 is 11.8 Å². The summed E-state index contributed by atoms with van der Waals surface area (Å²) in [7, 11) is 0. The van der Waals surface area contributed by atoms with Gasteiger partial charge < -0.3 is 9.84 Å². The molecule has 0 bridgehead atoms. The fourth-order valence-electron chi connectivity index (χ4n) is 3.79. The summed E-state index contributed by atoms with van der Waals surface area (Å²) in [5, 5.41) is 9.79. The van der Waals surface area contributed by atoms with E-state index >= 15 is 0 Å². The molecule has 0 aromatic heterocycles. The van der Waals surface area contributed by atoms with Gasteiger partial charge in [-0.25, -0.2) is 4.39 Å². The van der Waals surface area contributed by atoms with Gasteiger partial charge in [-0.2, -0.15) is 0 Å². The van der Waals surface area contributed by atoms with Crippen LogP contribution in [0.5, 0.6) is 11.5 Å². The monoisotopic (exact) mass is 434 g/mol. The smallest absolute Gasteiger partial charge is 0.307 e. The Hall–Kier alpha value is -3.37. The van der Waals surface area contributed by atoms with Crippen LogP contribution in [0.2, 0.25) is 5.02 Å². The summed E-state index contributed by atoms with van der Waals surface area (Å²) in [6.07, 6.45) is 1.73. The maximum Gasteiger partial charge on any atom is 0.307 e. The Balaban J connectivity index is 1.71. The average Bonchev–Trinajstić information content (AvgIpc) is 2.94. The van der Waals surface area contributed by atoms with Crippen molar-refractivity contribution in [3.63, 3.8) is 0 Å². The third-order valence-corrected chi connectivity index (χ3v) is 5.61. The molecule has 0 heterocycles. The highest BCUT2D eigenvalue weighted by atomic mass is 35.5. The van der Waals surface area contributed by atoms with Crippen molar-refractivity contribution < 1.29 is 19.0 Å². The molecular formula is C26H20ClFO3. The standard InChI is InChI=1S/C26H20ClFO3/c1-15-4-3-5-19(10-15)31-20-8-6-17(25(27)13-20)11-22-16(2)23(14-26(29)30)24-12-18(28)7-9-21(22)24/h3-13H,14H2,1-2H3,(H,29,30)/b22-11-. The number of carbonyl (C=O) groups is 1. The van der Waals surface area contributed by atoms with Crippen molar-refractivity contribution in [2.45, 2.75) is 20.3 Å². The highest BCUT2D eigenvalue weighted by molar-refractivity contribution is 6.32. The Bertz CT molecular complexity index is 1260. The Kier molecular flexibility index (Phi) is 5.66. The van der Waals surface area contributed by atoms with E-state index in [9.17, 15) is 14.3 Å². The largest absolute Gasteiger partial charge is 0.481 e. The molecule has 0 saturated heterocycles. The van der Waals surface area contributed by atoms with Crippen LogP contribution in [0.4, 0.5) is 4.39 Å². The zero-order valence-corrected chi connectivity index (χ0v) is 17.8. The lowest BCUT2D eigenvalue weighted by atomic mass is 10.0. The highest BCUT2D eigenvalue weighted by Gasteiger charge is 2.25. The zero-order valence-electron chi connectivity index (χ0n) is 17.1. The first-order chi connectivity index (χ1) is 14.8. The Morgan fingerprint density at radius 3 is 2.52 bits per heavy atom. The molecule has 5 heteroatoms. The lowest BCUT2D eigenvalue weighted by Crippen LogP contribution is -1.97. The first kappa shape index (κ1) is 20.9. The first-order valence-corrected chi connectivity index (χ1v) is 10.2. The fourth-order valence-corrected chi connectivity index (χ4v) is 4.02. The van der Waals surface area contributed by atoms with Gasteiger partial charge in [0.05, 0.1) is 11.4 Å². The van der Waals surface area contributed by atoms with Gasteiger partial charge in [0, 0.05) is 0 Å². The number of ether oxygens (including phenoxy) is 1. The summed E-state index contributed by atoms with van der Waals surface area (Å²) in [6.45, 7) is 3.85. The molecule has 31 heavy (non-hydrogen) atoms. The molecule has 1 aliphatic carbocycles. The van der Waals surface area contributed by atoms with Crippen LogP contribution < -0.4 is 4.74 Å². The normalized spacial score (nSPS) is 14.1. The van der Waals surface area contributed by atoms with Gasteiger partial charge in [0.2, 0.25) is 0 Å². The molecule has 0 fully saturated rings. The SMILES string of the molecule is CC1=C(CC(=O)O)c2cc(F)ccc2/C1=C\c1ccc(Oc2cccc(C)c2)cc1Cl. The van der Waals surface area contributed by atoms with Gasteiger partial charge in [-0.15, -0.1) is 0 Å². The number of carboxylic acid groups (broad SMARTS) is 1. The summed E-state index contributed by atoms with van der Waals surface area (Å²) in [6, 6.07) is 17.6. The van der Waals surface area contributed by atoms with Crippen LogP contribution in [0.1, 0.15) is 35.6 Å². The first-order valence-electron chi connectivity index (χ1n) is 9.80. The van der Waals surface area contributed by atoms with Crippen molar-refractivity contribution in [1.82, 2.24) is 0 Å². The van der Waals surface area contributed by atoms with Crippen LogP contribution in [0.25, 0.3) is 17.2 Å². The average molecular weight is 435 g/mol. The number of fused-ring (bicyclic) bond motifs is 1. The van der Waals surface area contributed by atoms with E-state index in [4.69, 9.17) is 16.3 Å². The van der Waals surface area contributed by atoms with Gasteiger partial charge in [-0.1, -0.05) is 29.8 Å². The molecule has 1 aliphatic rings. The molecule has 0 saturated carbocycles. The molecule has 0 spiro atoms. The Labute approximate surface area is 185 Å². The summed E-state index contributed by atoms with van der Waals surface area (Å²) in [5.41, 5.74) is 5.52. The highest BCUT2D eigenvalue weighted by Crippen LogP contribution is 2.44. The maximum absolute atomic E-state index is 13.8. The Morgan fingerprint density at radius 1 is 1.03 bits per heavy atom. The molecule has 0 amide bonds. The van der Waals surface area contributed by atoms with E-state index in [1.807, 2.05) is 56.3 Å². The second kappa shape index (κ2) is 8.40. The van der Waals surface area contributed by atoms with Crippen molar-refractivity contribution >= 4 is 34.8 Å². The molecule has 0 radical (unpaired) electrons. The van der Waals surface area contributed by atoms with Gasteiger partial charge >= 0.3 is 5.97 Å². The number of rotatable bonds is 5. The van der Waals surface area contributed by atoms with Crippen LogP contribution in [0, 0.1) is 12.7 Å². The minimum absolute atomic E-state index is 0.170. The molecule has 3 aromatic rings. The van der Waals surface area contributed by atoms with E-state index in [0.717, 1.165) is 33.6 Å². The van der Waals surface area contributed by atoms with Gasteiger partial charge in [0.25, 0.3) is 0 Å². The van der Waals surface area contributed by atoms with E-state index in [2.05, 4.69) is 0 Å². The fraction of sp³-hybridized carbons (Fsp3) is 0.115. The lowest BCUT2D eigenvalue weighted by Gasteiger charge is -2.09. The quantitative estimate of drug-likeness (QED) is 0.455. The molecule has 0 unspecified atom stereocenters. The number of halogens is 2. The van der Waals surface area contributed by atoms with Crippen LogP contribution in [0.15, 0.2) is 66.2 Å². The van der Waals surface area contributed by atoms with E-state index in [0.29, 0.717) is 21.9 Å². The van der Waals surface area contributed by atoms with Crippen LogP contribution in [-0.4, -0.2) is 11.1 Å². The van der Waals surface area contributed by atoms with Crippen molar-refractivity contribution in [1.29, 1.82) is 0 Å². The molecule has 4 rings (SSSR count). The van der Waals surface area contributed by atoms with E-state index in [1.165, 1.54) is 12.1 Å². The minimum Gasteiger partial charge on any atom is -0.481 e. The molecule has 0 atom stereocenters. The Morgan fingerprint density at radius 2 is 1.81 bits per heavy atom. The van der Waals surface area contributed by atoms with Crippen molar-refractivity contribution in [3.8, 4) is 11.5 Å². The summed E-state index contributed by atoms with van der Waals surface area (Å²) in [4.78, 5) is 11.3. The third-order valence-electron chi connectivity index (χ3n) is 5.28. The second-order valence-electron chi connectivity index (χ2n) is 7.52. The number of aryl methyl sites for hydroxylation is 1. The van der Waals surface area contributed by atoms with Crippen LogP contribution >= 0.6 is 11.6 Å². The van der Waals surface area contributed by atoms with Crippen molar-refractivity contribution in [2.24, 2.45) is 0 Å². The zero-order chi connectivity index (χ0) is 22.1. The molecular weight excluding hydrogens is 415 g/mol. The lowest BCUT2D eigenvalue weighted by molar-refractivity contribution is -0.135. The summed E-state index contributed by atoms with van der Waals surface area (Å²) in [5.74, 6) is -0.00986. The molecule has 3 aromatic carbocycles. The van der Waals surface area contributed by atoms with E-state index in [-0.39, 0.29) is 6.42 Å². The van der Waals surface area contributed by atoms with Gasteiger partial charge in [0.15, 0.2) is 0 Å². The number of carboxylic acids is 1. The summed E-state index contributed by atoms with van der Waals surface area (Å²) < 4.78 is 19.7. The van der Waals surface area contributed by atoms with Crippen LogP contribution in [-0.2, 0) is 4.79 Å². The number of hydrogen-bond donors (Lipinski definition) is 1. The third kappa shape index (κ3) is 4.39. The number of benzene rings is 3. The van der Waals surface area contributed by atoms with Crippen LogP contribution in [0.3, 0.4) is 0 Å². The van der Waals surface area contributed by atoms with Gasteiger partial charge in [-0.3, -0.25) is 4.79 Å². The van der Waals surface area contributed by atoms with Gasteiger partial charge in [0.1, 0.15) is 17.3 Å². The number of aliphatic carboxylic acids is 1. The van der Waals surface area contributed by atoms with Gasteiger partial charge in [-0.05, 0) is 101 Å². The molecule has 1 N–H and O–H groups in total.